The third kappa shape index (κ3) is 5.59. The van der Waals surface area contributed by atoms with Crippen LogP contribution in [0, 0.1) is 5.82 Å². The average molecular weight is 538 g/mol. The number of carbonyl (C=O) groups is 2. The number of rotatable bonds is 9. The molecule has 5 rings (SSSR count). The summed E-state index contributed by atoms with van der Waals surface area (Å²) in [6, 6.07) is 28.8. The Kier molecular flexibility index (Phi) is 7.92. The van der Waals surface area contributed by atoms with Crippen molar-refractivity contribution in [2.45, 2.75) is 19.1 Å². The number of ketones is 1. The minimum absolute atomic E-state index is 0.0651. The van der Waals surface area contributed by atoms with Crippen LogP contribution in [0.4, 0.5) is 4.39 Å². The van der Waals surface area contributed by atoms with Gasteiger partial charge in [0.1, 0.15) is 18.2 Å². The number of amides is 1. The zero-order valence-corrected chi connectivity index (χ0v) is 21.9. The first kappa shape index (κ1) is 26.7. The van der Waals surface area contributed by atoms with Gasteiger partial charge in [0.15, 0.2) is 11.5 Å². The van der Waals surface area contributed by atoms with Gasteiger partial charge in [-0.15, -0.1) is 0 Å². The van der Waals surface area contributed by atoms with Crippen LogP contribution in [0.5, 0.6) is 11.5 Å². The summed E-state index contributed by atoms with van der Waals surface area (Å²) < 4.78 is 25.2. The first-order valence-electron chi connectivity index (χ1n) is 12.9. The van der Waals surface area contributed by atoms with Crippen LogP contribution in [0.2, 0.25) is 0 Å². The number of likely N-dealkylation sites (tertiary alicyclic amines) is 1. The second-order valence-corrected chi connectivity index (χ2v) is 9.42. The van der Waals surface area contributed by atoms with E-state index in [9.17, 15) is 19.1 Å². The van der Waals surface area contributed by atoms with Gasteiger partial charge in [-0.05, 0) is 59.5 Å². The number of methoxy groups -OCH3 is 1. The Balaban J connectivity index is 1.53. The minimum atomic E-state index is -0.883. The third-order valence-corrected chi connectivity index (χ3v) is 6.88. The highest BCUT2D eigenvalue weighted by molar-refractivity contribution is 6.46. The van der Waals surface area contributed by atoms with E-state index >= 15 is 0 Å². The Morgan fingerprint density at radius 3 is 2.15 bits per heavy atom. The summed E-state index contributed by atoms with van der Waals surface area (Å²) in [5.74, 6) is -1.45. The van der Waals surface area contributed by atoms with Gasteiger partial charge in [0.2, 0.25) is 0 Å². The summed E-state index contributed by atoms with van der Waals surface area (Å²) in [6.45, 7) is 0.574. The number of aliphatic hydroxyl groups excluding tert-OH is 1. The van der Waals surface area contributed by atoms with Crippen molar-refractivity contribution in [3.05, 3.63) is 137 Å². The molecule has 6 nitrogen and oxygen atoms in total. The predicted molar refractivity (Wildman–Crippen MR) is 149 cm³/mol. The smallest absolute Gasteiger partial charge is 0.295 e. The summed E-state index contributed by atoms with van der Waals surface area (Å²) in [5, 5.41) is 11.2. The van der Waals surface area contributed by atoms with E-state index in [1.54, 1.807) is 18.2 Å². The van der Waals surface area contributed by atoms with E-state index in [0.29, 0.717) is 30.1 Å². The average Bonchev–Trinajstić information content (AvgIpc) is 3.25. The van der Waals surface area contributed by atoms with E-state index < -0.39 is 23.5 Å². The quantitative estimate of drug-likeness (QED) is 0.159. The molecule has 40 heavy (non-hydrogen) atoms. The van der Waals surface area contributed by atoms with Crippen LogP contribution < -0.4 is 9.47 Å². The second-order valence-electron chi connectivity index (χ2n) is 9.42. The van der Waals surface area contributed by atoms with Crippen LogP contribution in [-0.2, 0) is 22.6 Å². The van der Waals surface area contributed by atoms with Crippen LogP contribution in [0.15, 0.2) is 109 Å². The Hall–Kier alpha value is -4.91. The Labute approximate surface area is 231 Å². The van der Waals surface area contributed by atoms with Crippen molar-refractivity contribution in [3.63, 3.8) is 0 Å². The lowest BCUT2D eigenvalue weighted by Crippen LogP contribution is -2.31. The number of ether oxygens (including phenoxy) is 2. The van der Waals surface area contributed by atoms with E-state index in [0.717, 1.165) is 11.1 Å². The Morgan fingerprint density at radius 1 is 0.850 bits per heavy atom. The van der Waals surface area contributed by atoms with E-state index in [2.05, 4.69) is 0 Å². The van der Waals surface area contributed by atoms with E-state index in [-0.39, 0.29) is 23.4 Å². The molecule has 202 valence electrons. The largest absolute Gasteiger partial charge is 0.507 e. The summed E-state index contributed by atoms with van der Waals surface area (Å²) in [7, 11) is 1.51. The molecule has 0 saturated carbocycles. The maximum absolute atomic E-state index is 13.6. The third-order valence-electron chi connectivity index (χ3n) is 6.88. The van der Waals surface area contributed by atoms with Gasteiger partial charge in [-0.1, -0.05) is 66.7 Å². The second kappa shape index (κ2) is 11.9. The lowest BCUT2D eigenvalue weighted by molar-refractivity contribution is -0.139. The summed E-state index contributed by atoms with van der Waals surface area (Å²) >= 11 is 0. The number of halogens is 1. The van der Waals surface area contributed by atoms with Gasteiger partial charge in [-0.3, -0.25) is 9.59 Å². The van der Waals surface area contributed by atoms with E-state index in [1.807, 2.05) is 60.7 Å². The van der Waals surface area contributed by atoms with Crippen LogP contribution in [0.25, 0.3) is 5.76 Å². The number of benzene rings is 4. The fourth-order valence-corrected chi connectivity index (χ4v) is 4.82. The molecule has 1 amide bonds. The van der Waals surface area contributed by atoms with Crippen molar-refractivity contribution in [2.24, 2.45) is 0 Å². The monoisotopic (exact) mass is 537 g/mol. The van der Waals surface area contributed by atoms with Crippen LogP contribution in [0.1, 0.15) is 28.3 Å². The molecule has 1 saturated heterocycles. The number of aliphatic hydroxyl groups is 1. The highest BCUT2D eigenvalue weighted by Crippen LogP contribution is 2.42. The molecular weight excluding hydrogens is 509 g/mol. The van der Waals surface area contributed by atoms with Gasteiger partial charge < -0.3 is 19.5 Å². The molecule has 1 fully saturated rings. The van der Waals surface area contributed by atoms with Crippen molar-refractivity contribution >= 4 is 17.4 Å². The van der Waals surface area contributed by atoms with Crippen LogP contribution in [-0.4, -0.2) is 35.4 Å². The fraction of sp³-hybridized carbons (Fsp3) is 0.152. The molecule has 1 heterocycles. The van der Waals surface area contributed by atoms with Crippen molar-refractivity contribution in [1.82, 2.24) is 4.90 Å². The van der Waals surface area contributed by atoms with Crippen LogP contribution in [0.3, 0.4) is 0 Å². The Bertz CT molecular complexity index is 1530. The van der Waals surface area contributed by atoms with Crippen molar-refractivity contribution in [2.75, 3.05) is 13.7 Å². The molecule has 0 aromatic heterocycles. The van der Waals surface area contributed by atoms with E-state index in [4.69, 9.17) is 9.47 Å². The molecule has 1 aliphatic rings. The number of hydrogen-bond acceptors (Lipinski definition) is 5. The standard InChI is InChI=1S/C33H28FNO5/c1-39-28-20-25(14-17-27(28)40-21-23-10-6-3-7-11-23)30-29(31(36)24-12-15-26(34)16-13-24)32(37)33(38)35(30)19-18-22-8-4-2-5-9-22/h2-17,20,30,36H,18-19,21H2,1H3. The first-order valence-corrected chi connectivity index (χ1v) is 12.9. The number of hydrogen-bond donors (Lipinski definition) is 1. The molecule has 4 aromatic rings. The maximum Gasteiger partial charge on any atom is 0.295 e. The van der Waals surface area contributed by atoms with Gasteiger partial charge in [0, 0.05) is 12.1 Å². The fourth-order valence-electron chi connectivity index (χ4n) is 4.82. The highest BCUT2D eigenvalue weighted by Gasteiger charge is 2.46. The molecule has 1 atom stereocenters. The van der Waals surface area contributed by atoms with Gasteiger partial charge in [0.05, 0.1) is 18.7 Å². The number of Topliss-reactive ketones (excluding diaryl/α,β-unsaturated/α-hetero) is 1. The van der Waals surface area contributed by atoms with Gasteiger partial charge in [0.25, 0.3) is 11.7 Å². The highest BCUT2D eigenvalue weighted by atomic mass is 19.1. The van der Waals surface area contributed by atoms with Gasteiger partial charge in [-0.2, -0.15) is 0 Å². The molecule has 0 aliphatic carbocycles. The van der Waals surface area contributed by atoms with Crippen molar-refractivity contribution < 1.29 is 28.6 Å². The summed E-state index contributed by atoms with van der Waals surface area (Å²) in [5.41, 5.74) is 2.73. The molecular formula is C33H28FNO5. The maximum atomic E-state index is 13.6. The zero-order chi connectivity index (χ0) is 28.1. The van der Waals surface area contributed by atoms with Crippen molar-refractivity contribution in [1.29, 1.82) is 0 Å². The molecule has 1 unspecified atom stereocenters. The lowest BCUT2D eigenvalue weighted by Gasteiger charge is -2.26. The lowest BCUT2D eigenvalue weighted by atomic mass is 9.94. The summed E-state index contributed by atoms with van der Waals surface area (Å²) in [6.07, 6.45) is 0.510. The normalized spacial score (nSPS) is 16.2. The predicted octanol–water partition coefficient (Wildman–Crippen LogP) is 6.08. The molecule has 4 aromatic carbocycles. The zero-order valence-electron chi connectivity index (χ0n) is 21.9. The van der Waals surface area contributed by atoms with Crippen LogP contribution >= 0.6 is 0 Å². The van der Waals surface area contributed by atoms with Gasteiger partial charge in [-0.25, -0.2) is 4.39 Å². The first-order chi connectivity index (χ1) is 19.5. The number of carbonyl (C=O) groups excluding carboxylic acids is 2. The Morgan fingerprint density at radius 2 is 1.50 bits per heavy atom. The molecule has 7 heteroatoms. The molecule has 1 aliphatic heterocycles. The van der Waals surface area contributed by atoms with E-state index in [1.165, 1.54) is 36.3 Å². The molecule has 0 radical (unpaired) electrons. The van der Waals surface area contributed by atoms with Gasteiger partial charge >= 0.3 is 0 Å². The number of nitrogens with zero attached hydrogens (tertiary/aromatic N) is 1. The SMILES string of the molecule is COc1cc(C2C(=C(O)c3ccc(F)cc3)C(=O)C(=O)N2CCc2ccccc2)ccc1OCc1ccccc1. The minimum Gasteiger partial charge on any atom is -0.507 e. The van der Waals surface area contributed by atoms with Crippen molar-refractivity contribution in [3.8, 4) is 11.5 Å². The molecule has 1 N–H and O–H groups in total. The summed E-state index contributed by atoms with van der Waals surface area (Å²) in [4.78, 5) is 28.1. The molecule has 0 spiro atoms. The molecule has 0 bridgehead atoms. The topological polar surface area (TPSA) is 76.1 Å².